The first-order valence-electron chi connectivity index (χ1n) is 7.18. The Morgan fingerprint density at radius 1 is 1.38 bits per heavy atom. The Morgan fingerprint density at radius 3 is 2.90 bits per heavy atom. The highest BCUT2D eigenvalue weighted by molar-refractivity contribution is 7.07. The van der Waals surface area contributed by atoms with E-state index in [4.69, 9.17) is 4.74 Å². The van der Waals surface area contributed by atoms with Crippen molar-refractivity contribution in [2.45, 2.75) is 25.4 Å². The normalized spacial score (nSPS) is 14.4. The first kappa shape index (κ1) is 14.3. The average Bonchev–Trinajstić information content (AvgIpc) is 3.24. The number of methoxy groups -OCH3 is 1. The number of thiophene rings is 1. The van der Waals surface area contributed by atoms with Crippen LogP contribution in [0.15, 0.2) is 41.1 Å². The summed E-state index contributed by atoms with van der Waals surface area (Å²) < 4.78 is 5.19. The lowest BCUT2D eigenvalue weighted by Gasteiger charge is -2.20. The van der Waals surface area contributed by atoms with Crippen molar-refractivity contribution < 1.29 is 9.53 Å². The molecule has 1 aromatic heterocycles. The van der Waals surface area contributed by atoms with Gasteiger partial charge >= 0.3 is 0 Å². The molecule has 1 heterocycles. The highest BCUT2D eigenvalue weighted by atomic mass is 32.1. The number of Topliss-reactive ketones (excluding diaryl/α,β-unsaturated/α-hetero) is 1. The molecule has 2 aromatic rings. The number of ketones is 1. The zero-order chi connectivity index (χ0) is 14.7. The second-order valence-corrected chi connectivity index (χ2v) is 6.20. The molecule has 0 N–H and O–H groups in total. The molecule has 0 spiro atoms. The number of carbonyl (C=O) groups excluding carboxylic acids is 1. The molecule has 3 nitrogen and oxygen atoms in total. The van der Waals surface area contributed by atoms with Crippen LogP contribution in [0.2, 0.25) is 0 Å². The molecule has 0 unspecified atom stereocenters. The lowest BCUT2D eigenvalue weighted by Crippen LogP contribution is -2.31. The van der Waals surface area contributed by atoms with Crippen LogP contribution < -0.4 is 4.74 Å². The van der Waals surface area contributed by atoms with Gasteiger partial charge in [-0.1, -0.05) is 12.1 Å². The SMILES string of the molecule is COc1cccc(C(=O)CN(Cc2ccsc2)C2CC2)c1. The van der Waals surface area contributed by atoms with Crippen molar-refractivity contribution in [1.82, 2.24) is 4.90 Å². The Labute approximate surface area is 129 Å². The summed E-state index contributed by atoms with van der Waals surface area (Å²) in [5, 5.41) is 4.25. The van der Waals surface area contributed by atoms with Crippen LogP contribution in [0.3, 0.4) is 0 Å². The van der Waals surface area contributed by atoms with Crippen LogP contribution in [0.4, 0.5) is 0 Å². The summed E-state index contributed by atoms with van der Waals surface area (Å²) in [5.74, 6) is 0.896. The van der Waals surface area contributed by atoms with Crippen LogP contribution in [0, 0.1) is 0 Å². The van der Waals surface area contributed by atoms with Crippen LogP contribution in [0.25, 0.3) is 0 Å². The van der Waals surface area contributed by atoms with Crippen molar-refractivity contribution in [2.24, 2.45) is 0 Å². The maximum Gasteiger partial charge on any atom is 0.176 e. The molecule has 0 aliphatic heterocycles. The summed E-state index contributed by atoms with van der Waals surface area (Å²) in [4.78, 5) is 14.8. The standard InChI is InChI=1S/C17H19NO2S/c1-20-16-4-2-3-14(9-16)17(19)11-18(15-5-6-15)10-13-7-8-21-12-13/h2-4,7-9,12,15H,5-6,10-11H2,1H3. The van der Waals surface area contributed by atoms with Crippen molar-refractivity contribution in [3.8, 4) is 5.75 Å². The summed E-state index contributed by atoms with van der Waals surface area (Å²) in [6, 6.07) is 10.1. The van der Waals surface area contributed by atoms with E-state index in [0.717, 1.165) is 17.9 Å². The van der Waals surface area contributed by atoms with E-state index < -0.39 is 0 Å². The maximum absolute atomic E-state index is 12.5. The molecule has 1 saturated carbocycles. The quantitative estimate of drug-likeness (QED) is 0.732. The van der Waals surface area contributed by atoms with Gasteiger partial charge in [0, 0.05) is 18.2 Å². The summed E-state index contributed by atoms with van der Waals surface area (Å²) in [7, 11) is 1.62. The molecule has 3 rings (SSSR count). The summed E-state index contributed by atoms with van der Waals surface area (Å²) in [6.45, 7) is 1.34. The van der Waals surface area contributed by atoms with Gasteiger partial charge in [-0.2, -0.15) is 11.3 Å². The third-order valence-electron chi connectivity index (χ3n) is 3.77. The van der Waals surface area contributed by atoms with Crippen molar-refractivity contribution in [3.05, 3.63) is 52.2 Å². The van der Waals surface area contributed by atoms with E-state index in [2.05, 4.69) is 21.7 Å². The molecule has 1 aliphatic rings. The first-order valence-corrected chi connectivity index (χ1v) is 8.13. The molecule has 4 heteroatoms. The number of carbonyl (C=O) groups is 1. The van der Waals surface area contributed by atoms with Crippen LogP contribution >= 0.6 is 11.3 Å². The minimum Gasteiger partial charge on any atom is -0.497 e. The number of nitrogens with zero attached hydrogens (tertiary/aromatic N) is 1. The molecule has 0 atom stereocenters. The van der Waals surface area contributed by atoms with Crippen LogP contribution in [-0.2, 0) is 6.54 Å². The van der Waals surface area contributed by atoms with E-state index in [1.54, 1.807) is 18.4 Å². The molecular weight excluding hydrogens is 282 g/mol. The lowest BCUT2D eigenvalue weighted by molar-refractivity contribution is 0.0919. The number of ether oxygens (including phenoxy) is 1. The number of hydrogen-bond acceptors (Lipinski definition) is 4. The fraction of sp³-hybridized carbons (Fsp3) is 0.353. The molecule has 1 aromatic carbocycles. The third kappa shape index (κ3) is 3.71. The first-order chi connectivity index (χ1) is 10.3. The van der Waals surface area contributed by atoms with Crippen LogP contribution in [-0.4, -0.2) is 30.4 Å². The Hall–Kier alpha value is -1.65. The maximum atomic E-state index is 12.5. The Bertz CT molecular complexity index is 605. The lowest BCUT2D eigenvalue weighted by atomic mass is 10.1. The predicted octanol–water partition coefficient (Wildman–Crippen LogP) is 3.60. The second-order valence-electron chi connectivity index (χ2n) is 5.42. The Morgan fingerprint density at radius 2 is 2.24 bits per heavy atom. The van der Waals surface area contributed by atoms with E-state index in [1.165, 1.54) is 18.4 Å². The van der Waals surface area contributed by atoms with E-state index in [-0.39, 0.29) is 5.78 Å². The van der Waals surface area contributed by atoms with Gasteiger partial charge in [0.15, 0.2) is 5.78 Å². The third-order valence-corrected chi connectivity index (χ3v) is 4.50. The molecule has 0 bridgehead atoms. The summed E-state index contributed by atoms with van der Waals surface area (Å²) >= 11 is 1.71. The monoisotopic (exact) mass is 301 g/mol. The second kappa shape index (κ2) is 6.41. The molecule has 110 valence electrons. The smallest absolute Gasteiger partial charge is 0.176 e. The van der Waals surface area contributed by atoms with E-state index >= 15 is 0 Å². The van der Waals surface area contributed by atoms with Crippen molar-refractivity contribution in [2.75, 3.05) is 13.7 Å². The van der Waals surface area contributed by atoms with Gasteiger partial charge < -0.3 is 4.74 Å². The number of hydrogen-bond donors (Lipinski definition) is 0. The van der Waals surface area contributed by atoms with Gasteiger partial charge in [0.1, 0.15) is 5.75 Å². The van der Waals surface area contributed by atoms with Gasteiger partial charge in [0.2, 0.25) is 0 Å². The predicted molar refractivity (Wildman–Crippen MR) is 85.1 cm³/mol. The van der Waals surface area contributed by atoms with Crippen molar-refractivity contribution in [1.29, 1.82) is 0 Å². The zero-order valence-electron chi connectivity index (χ0n) is 12.1. The van der Waals surface area contributed by atoms with Crippen LogP contribution in [0.5, 0.6) is 5.75 Å². The summed E-state index contributed by atoms with van der Waals surface area (Å²) in [6.07, 6.45) is 2.41. The minimum atomic E-state index is 0.163. The number of benzene rings is 1. The largest absolute Gasteiger partial charge is 0.497 e. The topological polar surface area (TPSA) is 29.5 Å². The van der Waals surface area contributed by atoms with Gasteiger partial charge in [-0.25, -0.2) is 0 Å². The number of rotatable bonds is 7. The molecule has 0 radical (unpaired) electrons. The van der Waals surface area contributed by atoms with Crippen molar-refractivity contribution in [3.63, 3.8) is 0 Å². The van der Waals surface area contributed by atoms with Gasteiger partial charge in [-0.15, -0.1) is 0 Å². The Balaban J connectivity index is 1.68. The zero-order valence-corrected chi connectivity index (χ0v) is 12.9. The molecule has 21 heavy (non-hydrogen) atoms. The van der Waals surface area contributed by atoms with E-state index in [9.17, 15) is 4.79 Å². The fourth-order valence-electron chi connectivity index (χ4n) is 2.44. The highest BCUT2D eigenvalue weighted by Crippen LogP contribution is 2.29. The minimum absolute atomic E-state index is 0.163. The van der Waals surface area contributed by atoms with Gasteiger partial charge in [-0.3, -0.25) is 9.69 Å². The molecule has 1 fully saturated rings. The molecule has 0 amide bonds. The molecule has 1 aliphatic carbocycles. The van der Waals surface area contributed by atoms with Gasteiger partial charge in [0.05, 0.1) is 13.7 Å². The molecule has 0 saturated heterocycles. The van der Waals surface area contributed by atoms with Gasteiger partial charge in [-0.05, 0) is 47.4 Å². The van der Waals surface area contributed by atoms with Crippen molar-refractivity contribution >= 4 is 17.1 Å². The van der Waals surface area contributed by atoms with E-state index in [0.29, 0.717) is 12.6 Å². The summed E-state index contributed by atoms with van der Waals surface area (Å²) in [5.41, 5.74) is 2.02. The van der Waals surface area contributed by atoms with E-state index in [1.807, 2.05) is 24.3 Å². The van der Waals surface area contributed by atoms with Gasteiger partial charge in [0.25, 0.3) is 0 Å². The fourth-order valence-corrected chi connectivity index (χ4v) is 3.10. The average molecular weight is 301 g/mol. The molecular formula is C17H19NO2S. The highest BCUT2D eigenvalue weighted by Gasteiger charge is 2.30. The van der Waals surface area contributed by atoms with Crippen LogP contribution in [0.1, 0.15) is 28.8 Å². The Kier molecular flexibility index (Phi) is 4.36.